The molecule has 2 aliphatic carbocycles. The Morgan fingerprint density at radius 1 is 0.471 bits per heavy atom. The van der Waals surface area contributed by atoms with Crippen LogP contribution in [0, 0.1) is 0 Å². The van der Waals surface area contributed by atoms with Gasteiger partial charge in [-0.3, -0.25) is 0 Å². The summed E-state index contributed by atoms with van der Waals surface area (Å²) in [5.74, 6) is 0. The smallest absolute Gasteiger partial charge is 1.00 e. The van der Waals surface area contributed by atoms with E-state index in [1.807, 2.05) is 0 Å². The molecule has 0 saturated heterocycles. The molecule has 3 heteroatoms. The number of halogens is 2. The van der Waals surface area contributed by atoms with Crippen molar-refractivity contribution in [3.63, 3.8) is 0 Å². The van der Waals surface area contributed by atoms with Gasteiger partial charge < -0.3 is 24.8 Å². The molecule has 0 nitrogen and oxygen atoms in total. The van der Waals surface area contributed by atoms with Crippen molar-refractivity contribution in [3.05, 3.63) is 155 Å². The summed E-state index contributed by atoms with van der Waals surface area (Å²) in [4.78, 5) is 0. The number of hydrogen-bond donors (Lipinski definition) is 0. The molecule has 0 N–H and O–H groups in total. The Hall–Kier alpha value is -2.19. The maximum atomic E-state index is 2.54. The first kappa shape index (κ1) is 24.9. The fourth-order valence-corrected chi connectivity index (χ4v) is 20.4. The van der Waals surface area contributed by atoms with Crippen molar-refractivity contribution in [3.8, 4) is 0 Å². The normalized spacial score (nSPS) is 17.0. The summed E-state index contributed by atoms with van der Waals surface area (Å²) >= 11 is -2.58. The van der Waals surface area contributed by atoms with E-state index in [2.05, 4.69) is 133 Å². The van der Waals surface area contributed by atoms with Crippen molar-refractivity contribution >= 4 is 12.2 Å². The van der Waals surface area contributed by atoms with Crippen LogP contribution < -0.4 is 24.8 Å². The molecule has 0 fully saturated rings. The molecule has 0 saturated carbocycles. The Balaban J connectivity index is 0.00000137. The summed E-state index contributed by atoms with van der Waals surface area (Å²) in [5.41, 5.74) is 8.88. The molecule has 4 aromatic carbocycles. The molecule has 0 radical (unpaired) electrons. The van der Waals surface area contributed by atoms with Gasteiger partial charge in [0.15, 0.2) is 0 Å². The van der Waals surface area contributed by atoms with Gasteiger partial charge in [0.25, 0.3) is 0 Å². The predicted molar refractivity (Wildman–Crippen MR) is 131 cm³/mol. The third-order valence-corrected chi connectivity index (χ3v) is 20.5. The van der Waals surface area contributed by atoms with Crippen LogP contribution >= 0.6 is 0 Å². The van der Waals surface area contributed by atoms with Gasteiger partial charge in [-0.1, -0.05) is 0 Å². The van der Waals surface area contributed by atoms with Crippen LogP contribution in [-0.4, -0.2) is 0 Å². The number of allylic oxidation sites excluding steroid dienone is 2. The summed E-state index contributed by atoms with van der Waals surface area (Å²) in [5, 5.41) is 0. The van der Waals surface area contributed by atoms with E-state index in [-0.39, 0.29) is 24.8 Å². The Labute approximate surface area is 222 Å². The Bertz CT molecular complexity index is 1200. The molecule has 0 aromatic heterocycles. The van der Waals surface area contributed by atoms with Crippen LogP contribution in [0.3, 0.4) is 0 Å². The minimum atomic E-state index is -2.58. The zero-order chi connectivity index (χ0) is 21.3. The fraction of sp³-hybridized carbons (Fsp3) is 0.0968. The molecular weight excluding hydrogens is 622 g/mol. The van der Waals surface area contributed by atoms with Crippen molar-refractivity contribution < 1.29 is 46.3 Å². The van der Waals surface area contributed by atoms with Crippen molar-refractivity contribution in [2.75, 3.05) is 0 Å². The second kappa shape index (κ2) is 11.0. The number of rotatable bonds is 5. The minimum Gasteiger partial charge on any atom is -1.00 e. The Morgan fingerprint density at radius 3 is 1.29 bits per heavy atom. The van der Waals surface area contributed by atoms with Crippen LogP contribution in [0.15, 0.2) is 121 Å². The van der Waals surface area contributed by atoms with Crippen LogP contribution in [-0.2, 0) is 21.4 Å². The summed E-state index contributed by atoms with van der Waals surface area (Å²) in [6.07, 6.45) is 9.84. The van der Waals surface area contributed by atoms with Gasteiger partial charge in [0.05, 0.1) is 0 Å². The van der Waals surface area contributed by atoms with Crippen LogP contribution in [0.1, 0.15) is 44.4 Å². The van der Waals surface area contributed by atoms with E-state index >= 15 is 0 Å². The predicted octanol–water partition coefficient (Wildman–Crippen LogP) is 1.94. The quantitative estimate of drug-likeness (QED) is 0.291. The first-order valence-electron chi connectivity index (χ1n) is 11.4. The van der Waals surface area contributed by atoms with E-state index < -0.39 is 21.4 Å². The summed E-state index contributed by atoms with van der Waals surface area (Å²) in [6.45, 7) is 0. The van der Waals surface area contributed by atoms with E-state index in [4.69, 9.17) is 0 Å². The van der Waals surface area contributed by atoms with Gasteiger partial charge in [0, 0.05) is 0 Å². The van der Waals surface area contributed by atoms with Crippen molar-refractivity contribution in [2.45, 2.75) is 11.0 Å². The third kappa shape index (κ3) is 4.54. The maximum Gasteiger partial charge on any atom is -1.00 e. The number of benzene rings is 4. The largest absolute Gasteiger partial charge is 1.00 e. The molecule has 0 aliphatic heterocycles. The van der Waals surface area contributed by atoms with E-state index in [1.54, 1.807) is 11.1 Å². The van der Waals surface area contributed by atoms with Gasteiger partial charge in [0.1, 0.15) is 0 Å². The van der Waals surface area contributed by atoms with Crippen molar-refractivity contribution in [1.82, 2.24) is 0 Å². The van der Waals surface area contributed by atoms with Gasteiger partial charge in [-0.25, -0.2) is 0 Å². The molecule has 0 amide bonds. The van der Waals surface area contributed by atoms with E-state index in [0.29, 0.717) is 11.0 Å². The minimum absolute atomic E-state index is 0. The summed E-state index contributed by atoms with van der Waals surface area (Å²) < 4.78 is 1.65. The first-order valence-corrected chi connectivity index (χ1v) is 17.6. The molecule has 167 valence electrons. The zero-order valence-corrected chi connectivity index (χ0v) is 23.8. The number of hydrogen-bond acceptors (Lipinski definition) is 0. The second-order valence-corrected chi connectivity index (χ2v) is 18.8. The molecule has 2 atom stereocenters. The van der Waals surface area contributed by atoms with Gasteiger partial charge >= 0.3 is 199 Å². The topological polar surface area (TPSA) is 0 Å². The average Bonchev–Trinajstić information content (AvgIpc) is 3.48. The Kier molecular flexibility index (Phi) is 8.09. The third-order valence-electron chi connectivity index (χ3n) is 6.92. The fourth-order valence-electron chi connectivity index (χ4n) is 5.50. The van der Waals surface area contributed by atoms with Crippen LogP contribution in [0.25, 0.3) is 12.2 Å². The summed E-state index contributed by atoms with van der Waals surface area (Å²) in [7, 11) is 0. The van der Waals surface area contributed by atoms with Gasteiger partial charge in [-0.05, 0) is 0 Å². The molecule has 34 heavy (non-hydrogen) atoms. The molecule has 0 heterocycles. The molecule has 4 aromatic rings. The molecule has 0 spiro atoms. The average molecular weight is 647 g/mol. The van der Waals surface area contributed by atoms with Gasteiger partial charge in [-0.2, -0.15) is 0 Å². The summed E-state index contributed by atoms with van der Waals surface area (Å²) in [6, 6.07) is 40.7. The zero-order valence-electron chi connectivity index (χ0n) is 18.7. The molecular formula is C31H25Cl2Hf. The molecule has 0 bridgehead atoms. The van der Waals surface area contributed by atoms with Crippen LogP contribution in [0.4, 0.5) is 0 Å². The first-order chi connectivity index (χ1) is 15.9. The van der Waals surface area contributed by atoms with Gasteiger partial charge in [0.2, 0.25) is 0 Å². The van der Waals surface area contributed by atoms with E-state index in [1.165, 1.54) is 22.3 Å². The monoisotopic (exact) mass is 647 g/mol. The Morgan fingerprint density at radius 2 is 0.853 bits per heavy atom. The molecule has 2 aliphatic rings. The maximum absolute atomic E-state index is 2.58. The molecule has 6 rings (SSSR count). The van der Waals surface area contributed by atoms with Crippen molar-refractivity contribution in [2.24, 2.45) is 0 Å². The molecule has 2 unspecified atom stereocenters. The second-order valence-electron chi connectivity index (χ2n) is 8.69. The standard InChI is InChI=1S/C13H11.2C9H7.2ClH.Hf/c1-3-7-12(8-4-1)11-13-9-5-2-6-10-13;2*1-2-5-9-7-3-6-8(9)4-1;;;/h1-11H;2*1-7H;2*1H;/q;;;;;+2/p-2. The van der Waals surface area contributed by atoms with Crippen LogP contribution in [0.5, 0.6) is 0 Å². The SMILES string of the molecule is C1=C[CH]([Hf+2]([CH]2C=Cc3ccccc32)[CH](c2ccccc2)c2ccccc2)c2ccccc21.[Cl-].[Cl-]. The van der Waals surface area contributed by atoms with E-state index in [0.717, 1.165) is 0 Å². The van der Waals surface area contributed by atoms with E-state index in [9.17, 15) is 0 Å². The van der Waals surface area contributed by atoms with Crippen molar-refractivity contribution in [1.29, 1.82) is 0 Å². The van der Waals surface area contributed by atoms with Gasteiger partial charge in [-0.15, -0.1) is 0 Å². The number of fused-ring (bicyclic) bond motifs is 2. The van der Waals surface area contributed by atoms with Crippen LogP contribution in [0.2, 0.25) is 0 Å².